The van der Waals surface area contributed by atoms with Crippen molar-refractivity contribution < 1.29 is 4.79 Å². The molecule has 2 rings (SSSR count). The summed E-state index contributed by atoms with van der Waals surface area (Å²) < 4.78 is 0.999. The molecule has 0 unspecified atom stereocenters. The number of rotatable bonds is 2. The summed E-state index contributed by atoms with van der Waals surface area (Å²) in [7, 11) is 1.90. The summed E-state index contributed by atoms with van der Waals surface area (Å²) in [5, 5.41) is 3.31. The van der Waals surface area contributed by atoms with E-state index in [9.17, 15) is 4.79 Å². The molecule has 0 spiro atoms. The van der Waals surface area contributed by atoms with Crippen LogP contribution in [0.1, 0.15) is 23.2 Å². The molecule has 4 heteroatoms. The van der Waals surface area contributed by atoms with Crippen molar-refractivity contribution >= 4 is 21.8 Å². The molecule has 1 aliphatic rings. The summed E-state index contributed by atoms with van der Waals surface area (Å²) in [6, 6.07) is 7.91. The molecule has 1 saturated heterocycles. The Bertz CT molecular complexity index is 385. The van der Waals surface area contributed by atoms with Crippen LogP contribution in [0.2, 0.25) is 0 Å². The minimum Gasteiger partial charge on any atom is -0.339 e. The van der Waals surface area contributed by atoms with Gasteiger partial charge in [0.1, 0.15) is 0 Å². The lowest BCUT2D eigenvalue weighted by Gasteiger charge is -2.31. The average molecular weight is 297 g/mol. The second-order valence-electron chi connectivity index (χ2n) is 4.40. The summed E-state index contributed by atoms with van der Waals surface area (Å²) >= 11 is 3.38. The Hall–Kier alpha value is -0.870. The predicted molar refractivity (Wildman–Crippen MR) is 72.1 cm³/mol. The second kappa shape index (κ2) is 5.65. The van der Waals surface area contributed by atoms with E-state index < -0.39 is 0 Å². The summed E-state index contributed by atoms with van der Waals surface area (Å²) in [6.07, 6.45) is 2.08. The summed E-state index contributed by atoms with van der Waals surface area (Å²) in [5.41, 5.74) is 0.759. The summed E-state index contributed by atoms with van der Waals surface area (Å²) in [5.74, 6) is 0.115. The van der Waals surface area contributed by atoms with Crippen LogP contribution in [-0.4, -0.2) is 37.0 Å². The number of amides is 1. The molecule has 1 heterocycles. The van der Waals surface area contributed by atoms with E-state index >= 15 is 0 Å². The van der Waals surface area contributed by atoms with Crippen LogP contribution in [0.5, 0.6) is 0 Å². The fourth-order valence-corrected chi connectivity index (χ4v) is 2.42. The second-order valence-corrected chi connectivity index (χ2v) is 5.32. The molecule has 0 saturated carbocycles. The standard InChI is InChI=1S/C13H17BrN2O/c1-16(12-6-8-15-9-7-12)13(17)10-2-4-11(14)5-3-10/h2-5,12,15H,6-9H2,1H3. The molecule has 1 amide bonds. The normalized spacial score (nSPS) is 16.8. The highest BCUT2D eigenvalue weighted by Gasteiger charge is 2.22. The van der Waals surface area contributed by atoms with Gasteiger partial charge in [0.2, 0.25) is 0 Å². The number of nitrogens with zero attached hydrogens (tertiary/aromatic N) is 1. The Kier molecular flexibility index (Phi) is 4.18. The lowest BCUT2D eigenvalue weighted by atomic mass is 10.0. The quantitative estimate of drug-likeness (QED) is 0.908. The monoisotopic (exact) mass is 296 g/mol. The highest BCUT2D eigenvalue weighted by Crippen LogP contribution is 2.16. The smallest absolute Gasteiger partial charge is 0.253 e. The lowest BCUT2D eigenvalue weighted by molar-refractivity contribution is 0.0703. The Morgan fingerprint density at radius 3 is 2.47 bits per heavy atom. The number of nitrogens with one attached hydrogen (secondary N) is 1. The molecular formula is C13H17BrN2O. The van der Waals surface area contributed by atoms with Crippen molar-refractivity contribution in [1.82, 2.24) is 10.2 Å². The van der Waals surface area contributed by atoms with Crippen molar-refractivity contribution in [2.75, 3.05) is 20.1 Å². The molecule has 17 heavy (non-hydrogen) atoms. The van der Waals surface area contributed by atoms with Crippen molar-refractivity contribution in [3.05, 3.63) is 34.3 Å². The van der Waals surface area contributed by atoms with Crippen molar-refractivity contribution in [2.24, 2.45) is 0 Å². The number of hydrogen-bond acceptors (Lipinski definition) is 2. The van der Waals surface area contributed by atoms with E-state index in [0.29, 0.717) is 6.04 Å². The number of hydrogen-bond donors (Lipinski definition) is 1. The van der Waals surface area contributed by atoms with Crippen molar-refractivity contribution in [3.8, 4) is 0 Å². The zero-order valence-corrected chi connectivity index (χ0v) is 11.5. The number of carbonyl (C=O) groups excluding carboxylic acids is 1. The minimum absolute atomic E-state index is 0.115. The van der Waals surface area contributed by atoms with Gasteiger partial charge in [-0.25, -0.2) is 0 Å². The maximum absolute atomic E-state index is 12.2. The molecule has 1 aliphatic heterocycles. The van der Waals surface area contributed by atoms with E-state index in [1.165, 1.54) is 0 Å². The molecule has 0 aromatic heterocycles. The lowest BCUT2D eigenvalue weighted by Crippen LogP contribution is -2.43. The van der Waals surface area contributed by atoms with E-state index in [-0.39, 0.29) is 5.91 Å². The SMILES string of the molecule is CN(C(=O)c1ccc(Br)cc1)C1CCNCC1. The van der Waals surface area contributed by atoms with Gasteiger partial charge in [0.25, 0.3) is 5.91 Å². The zero-order chi connectivity index (χ0) is 12.3. The summed E-state index contributed by atoms with van der Waals surface area (Å²) in [6.45, 7) is 2.01. The molecule has 3 nitrogen and oxygen atoms in total. The first kappa shape index (κ1) is 12.6. The molecule has 1 aromatic rings. The average Bonchev–Trinajstić information content (AvgIpc) is 2.39. The van der Waals surface area contributed by atoms with Gasteiger partial charge in [-0.15, -0.1) is 0 Å². The van der Waals surface area contributed by atoms with Crippen LogP contribution in [0.15, 0.2) is 28.7 Å². The number of benzene rings is 1. The van der Waals surface area contributed by atoms with Gasteiger partial charge in [-0.2, -0.15) is 0 Å². The Morgan fingerprint density at radius 1 is 1.29 bits per heavy atom. The van der Waals surface area contributed by atoms with Crippen LogP contribution in [-0.2, 0) is 0 Å². The molecule has 0 bridgehead atoms. The van der Waals surface area contributed by atoms with Gasteiger partial charge < -0.3 is 10.2 Å². The number of piperidine rings is 1. The van der Waals surface area contributed by atoms with Crippen LogP contribution in [0.4, 0.5) is 0 Å². The van der Waals surface area contributed by atoms with E-state index in [1.54, 1.807) is 0 Å². The fraction of sp³-hybridized carbons (Fsp3) is 0.462. The molecule has 92 valence electrons. The number of halogens is 1. The van der Waals surface area contributed by atoms with E-state index in [2.05, 4.69) is 21.2 Å². The Balaban J connectivity index is 2.05. The van der Waals surface area contributed by atoms with Crippen LogP contribution < -0.4 is 5.32 Å². The topological polar surface area (TPSA) is 32.3 Å². The largest absolute Gasteiger partial charge is 0.339 e. The minimum atomic E-state index is 0.115. The molecule has 0 atom stereocenters. The molecule has 1 N–H and O–H groups in total. The van der Waals surface area contributed by atoms with E-state index in [4.69, 9.17) is 0 Å². The van der Waals surface area contributed by atoms with Crippen LogP contribution in [0, 0.1) is 0 Å². The fourth-order valence-electron chi connectivity index (χ4n) is 2.16. The number of carbonyl (C=O) groups is 1. The predicted octanol–water partition coefficient (Wildman–Crippen LogP) is 2.27. The van der Waals surface area contributed by atoms with Gasteiger partial charge in [0.15, 0.2) is 0 Å². The highest BCUT2D eigenvalue weighted by molar-refractivity contribution is 9.10. The third-order valence-electron chi connectivity index (χ3n) is 3.27. The molecule has 1 fully saturated rings. The van der Waals surface area contributed by atoms with Gasteiger partial charge in [-0.3, -0.25) is 4.79 Å². The van der Waals surface area contributed by atoms with Crippen LogP contribution in [0.25, 0.3) is 0 Å². The maximum atomic E-state index is 12.2. The van der Waals surface area contributed by atoms with Gasteiger partial charge in [0.05, 0.1) is 0 Å². The molecule has 0 aliphatic carbocycles. The van der Waals surface area contributed by atoms with Crippen LogP contribution >= 0.6 is 15.9 Å². The summed E-state index contributed by atoms with van der Waals surface area (Å²) in [4.78, 5) is 14.1. The third-order valence-corrected chi connectivity index (χ3v) is 3.80. The zero-order valence-electron chi connectivity index (χ0n) is 9.95. The first-order valence-electron chi connectivity index (χ1n) is 5.92. The van der Waals surface area contributed by atoms with Gasteiger partial charge in [-0.1, -0.05) is 15.9 Å². The maximum Gasteiger partial charge on any atom is 0.253 e. The van der Waals surface area contributed by atoms with E-state index in [0.717, 1.165) is 36.0 Å². The Morgan fingerprint density at radius 2 is 1.88 bits per heavy atom. The molecular weight excluding hydrogens is 280 g/mol. The Labute approximate surface area is 110 Å². The highest BCUT2D eigenvalue weighted by atomic mass is 79.9. The van der Waals surface area contributed by atoms with E-state index in [1.807, 2.05) is 36.2 Å². The first-order valence-corrected chi connectivity index (χ1v) is 6.71. The van der Waals surface area contributed by atoms with Gasteiger partial charge in [0, 0.05) is 23.1 Å². The van der Waals surface area contributed by atoms with Gasteiger partial charge >= 0.3 is 0 Å². The first-order chi connectivity index (χ1) is 8.18. The van der Waals surface area contributed by atoms with Crippen molar-refractivity contribution in [1.29, 1.82) is 0 Å². The van der Waals surface area contributed by atoms with Crippen molar-refractivity contribution in [3.63, 3.8) is 0 Å². The molecule has 0 radical (unpaired) electrons. The van der Waals surface area contributed by atoms with Crippen molar-refractivity contribution in [2.45, 2.75) is 18.9 Å². The molecule has 1 aromatic carbocycles. The van der Waals surface area contributed by atoms with Gasteiger partial charge in [-0.05, 0) is 50.2 Å². The third kappa shape index (κ3) is 3.07. The van der Waals surface area contributed by atoms with Crippen LogP contribution in [0.3, 0.4) is 0 Å².